The third-order valence-corrected chi connectivity index (χ3v) is 3.04. The Kier molecular flexibility index (Phi) is 6.42. The molecule has 90 valence electrons. The van der Waals surface area contributed by atoms with Crippen LogP contribution in [0.4, 0.5) is 5.82 Å². The highest BCUT2D eigenvalue weighted by molar-refractivity contribution is 9.10. The lowest BCUT2D eigenvalue weighted by Gasteiger charge is -2.16. The predicted octanol–water partition coefficient (Wildman–Crippen LogP) is 3.02. The molecule has 0 radical (unpaired) electrons. The molecule has 0 saturated heterocycles. The van der Waals surface area contributed by atoms with Crippen molar-refractivity contribution < 1.29 is 0 Å². The third kappa shape index (κ3) is 4.94. The topological polar surface area (TPSA) is 50.9 Å². The fraction of sp³-hybridized carbons (Fsp3) is 0.583. The van der Waals surface area contributed by atoms with Crippen molar-refractivity contribution in [2.75, 3.05) is 18.4 Å². The van der Waals surface area contributed by atoms with Gasteiger partial charge in [0.15, 0.2) is 0 Å². The van der Waals surface area contributed by atoms with Crippen molar-refractivity contribution in [3.05, 3.63) is 22.8 Å². The molecule has 0 fully saturated rings. The van der Waals surface area contributed by atoms with Gasteiger partial charge in [0.2, 0.25) is 0 Å². The lowest BCUT2D eigenvalue weighted by Crippen LogP contribution is -2.18. The Labute approximate surface area is 106 Å². The predicted molar refractivity (Wildman–Crippen MR) is 72.5 cm³/mol. The van der Waals surface area contributed by atoms with E-state index < -0.39 is 0 Å². The minimum absolute atomic E-state index is 0.653. The van der Waals surface area contributed by atoms with Gasteiger partial charge in [-0.25, -0.2) is 4.98 Å². The molecule has 0 aromatic carbocycles. The van der Waals surface area contributed by atoms with Crippen molar-refractivity contribution >= 4 is 21.7 Å². The summed E-state index contributed by atoms with van der Waals surface area (Å²) in [6.45, 7) is 3.93. The molecule has 1 rings (SSSR count). The van der Waals surface area contributed by atoms with Crippen LogP contribution in [0.3, 0.4) is 0 Å². The maximum absolute atomic E-state index is 5.60. The summed E-state index contributed by atoms with van der Waals surface area (Å²) in [6.07, 6.45) is 5.32. The van der Waals surface area contributed by atoms with E-state index in [9.17, 15) is 0 Å². The van der Waals surface area contributed by atoms with Crippen LogP contribution in [0, 0.1) is 5.92 Å². The van der Waals surface area contributed by atoms with E-state index in [0.717, 1.165) is 29.8 Å². The van der Waals surface area contributed by atoms with E-state index in [-0.39, 0.29) is 0 Å². The molecule has 1 unspecified atom stereocenters. The molecule has 0 bridgehead atoms. The van der Waals surface area contributed by atoms with Gasteiger partial charge in [-0.05, 0) is 53.4 Å². The lowest BCUT2D eigenvalue weighted by molar-refractivity contribution is 0.473. The number of anilines is 1. The second-order valence-electron chi connectivity index (χ2n) is 3.97. The average Bonchev–Trinajstić information content (AvgIpc) is 2.29. The quantitative estimate of drug-likeness (QED) is 0.810. The molecule has 4 heteroatoms. The number of aromatic nitrogens is 1. The van der Waals surface area contributed by atoms with Crippen LogP contribution in [0.15, 0.2) is 22.8 Å². The van der Waals surface area contributed by atoms with Crippen LogP contribution < -0.4 is 11.1 Å². The monoisotopic (exact) mass is 285 g/mol. The minimum atomic E-state index is 0.653. The average molecular weight is 286 g/mol. The molecular weight excluding hydrogens is 266 g/mol. The Hall–Kier alpha value is -0.610. The SMILES string of the molecule is CCCC(CCN)CNc1ccc(Br)cn1. The van der Waals surface area contributed by atoms with Crippen molar-refractivity contribution in [3.63, 3.8) is 0 Å². The van der Waals surface area contributed by atoms with E-state index in [4.69, 9.17) is 5.73 Å². The normalized spacial score (nSPS) is 12.4. The Balaban J connectivity index is 2.38. The van der Waals surface area contributed by atoms with E-state index in [1.54, 1.807) is 6.20 Å². The molecule has 3 N–H and O–H groups in total. The van der Waals surface area contributed by atoms with Crippen LogP contribution in [0.2, 0.25) is 0 Å². The molecule has 1 atom stereocenters. The highest BCUT2D eigenvalue weighted by Gasteiger charge is 2.06. The summed E-state index contributed by atoms with van der Waals surface area (Å²) in [4.78, 5) is 4.28. The molecule has 1 aromatic heterocycles. The van der Waals surface area contributed by atoms with Gasteiger partial charge in [0, 0.05) is 17.2 Å². The summed E-state index contributed by atoms with van der Waals surface area (Å²) in [7, 11) is 0. The Morgan fingerprint density at radius 1 is 1.44 bits per heavy atom. The number of hydrogen-bond acceptors (Lipinski definition) is 3. The first kappa shape index (κ1) is 13.5. The zero-order valence-electron chi connectivity index (χ0n) is 9.75. The second-order valence-corrected chi connectivity index (χ2v) is 4.89. The number of nitrogens with one attached hydrogen (secondary N) is 1. The Bertz CT molecular complexity index is 281. The van der Waals surface area contributed by atoms with Crippen LogP contribution in [-0.2, 0) is 0 Å². The highest BCUT2D eigenvalue weighted by atomic mass is 79.9. The summed E-state index contributed by atoms with van der Waals surface area (Å²) in [5, 5.41) is 3.35. The summed E-state index contributed by atoms with van der Waals surface area (Å²) in [5.74, 6) is 1.58. The van der Waals surface area contributed by atoms with Crippen molar-refractivity contribution in [2.24, 2.45) is 11.7 Å². The summed E-state index contributed by atoms with van der Waals surface area (Å²) in [6, 6.07) is 3.97. The molecule has 0 aliphatic carbocycles. The summed E-state index contributed by atoms with van der Waals surface area (Å²) in [5.41, 5.74) is 5.60. The molecule has 1 heterocycles. The van der Waals surface area contributed by atoms with Gasteiger partial charge in [0.25, 0.3) is 0 Å². The van der Waals surface area contributed by atoms with Crippen LogP contribution in [-0.4, -0.2) is 18.1 Å². The van der Waals surface area contributed by atoms with Gasteiger partial charge in [-0.15, -0.1) is 0 Å². The Morgan fingerprint density at radius 2 is 2.25 bits per heavy atom. The number of halogens is 1. The van der Waals surface area contributed by atoms with Gasteiger partial charge < -0.3 is 11.1 Å². The molecule has 16 heavy (non-hydrogen) atoms. The fourth-order valence-electron chi connectivity index (χ4n) is 1.72. The van der Waals surface area contributed by atoms with Gasteiger partial charge in [0.05, 0.1) is 0 Å². The number of rotatable bonds is 7. The van der Waals surface area contributed by atoms with Crippen molar-refractivity contribution in [3.8, 4) is 0 Å². The van der Waals surface area contributed by atoms with E-state index in [1.165, 1.54) is 12.8 Å². The smallest absolute Gasteiger partial charge is 0.125 e. The van der Waals surface area contributed by atoms with Crippen LogP contribution in [0.25, 0.3) is 0 Å². The van der Waals surface area contributed by atoms with Gasteiger partial charge in [0.1, 0.15) is 5.82 Å². The zero-order chi connectivity index (χ0) is 11.8. The molecular formula is C12H20BrN3. The summed E-state index contributed by atoms with van der Waals surface area (Å²) >= 11 is 3.37. The van der Waals surface area contributed by atoms with Gasteiger partial charge in [-0.2, -0.15) is 0 Å². The first-order chi connectivity index (χ1) is 7.76. The van der Waals surface area contributed by atoms with Gasteiger partial charge in [-0.3, -0.25) is 0 Å². The number of pyridine rings is 1. The molecule has 0 saturated carbocycles. The standard InChI is InChI=1S/C12H20BrN3/c1-2-3-10(6-7-14)8-15-12-5-4-11(13)9-16-12/h4-5,9-10H,2-3,6-8,14H2,1H3,(H,15,16). The van der Waals surface area contributed by atoms with Crippen molar-refractivity contribution in [1.82, 2.24) is 4.98 Å². The van der Waals surface area contributed by atoms with Gasteiger partial charge >= 0.3 is 0 Å². The van der Waals surface area contributed by atoms with E-state index in [1.807, 2.05) is 12.1 Å². The van der Waals surface area contributed by atoms with Crippen LogP contribution >= 0.6 is 15.9 Å². The molecule has 0 spiro atoms. The molecule has 0 amide bonds. The van der Waals surface area contributed by atoms with E-state index >= 15 is 0 Å². The first-order valence-corrected chi connectivity index (χ1v) is 6.61. The molecule has 3 nitrogen and oxygen atoms in total. The minimum Gasteiger partial charge on any atom is -0.370 e. The van der Waals surface area contributed by atoms with Crippen LogP contribution in [0.1, 0.15) is 26.2 Å². The number of nitrogens with zero attached hydrogens (tertiary/aromatic N) is 1. The number of hydrogen-bond donors (Lipinski definition) is 2. The Morgan fingerprint density at radius 3 is 2.81 bits per heavy atom. The maximum atomic E-state index is 5.60. The second kappa shape index (κ2) is 7.63. The zero-order valence-corrected chi connectivity index (χ0v) is 11.3. The first-order valence-electron chi connectivity index (χ1n) is 5.81. The molecule has 0 aliphatic rings. The highest BCUT2D eigenvalue weighted by Crippen LogP contribution is 2.14. The van der Waals surface area contributed by atoms with E-state index in [0.29, 0.717) is 5.92 Å². The number of nitrogens with two attached hydrogens (primary N) is 1. The van der Waals surface area contributed by atoms with E-state index in [2.05, 4.69) is 33.2 Å². The van der Waals surface area contributed by atoms with Gasteiger partial charge in [-0.1, -0.05) is 13.3 Å². The fourth-order valence-corrected chi connectivity index (χ4v) is 1.96. The maximum Gasteiger partial charge on any atom is 0.125 e. The molecule has 0 aliphatic heterocycles. The molecule has 1 aromatic rings. The third-order valence-electron chi connectivity index (χ3n) is 2.57. The largest absolute Gasteiger partial charge is 0.370 e. The van der Waals surface area contributed by atoms with Crippen molar-refractivity contribution in [2.45, 2.75) is 26.2 Å². The van der Waals surface area contributed by atoms with Crippen LogP contribution in [0.5, 0.6) is 0 Å². The summed E-state index contributed by atoms with van der Waals surface area (Å²) < 4.78 is 1.00. The lowest BCUT2D eigenvalue weighted by atomic mass is 10.00. The van der Waals surface area contributed by atoms with Crippen molar-refractivity contribution in [1.29, 1.82) is 0 Å².